The standard InChI is InChI=1S/C12H17N3O2/c1-9-3-4-10(11(16)14-9)12(17)15-7-2-5-13-6-8-15/h3-4,13H,2,5-8H2,1H3,(H,14,16). The van der Waals surface area contributed by atoms with Gasteiger partial charge < -0.3 is 15.2 Å². The minimum absolute atomic E-state index is 0.171. The van der Waals surface area contributed by atoms with Crippen molar-refractivity contribution in [1.82, 2.24) is 15.2 Å². The van der Waals surface area contributed by atoms with Crippen LogP contribution in [0, 0.1) is 6.92 Å². The molecule has 1 aromatic rings. The van der Waals surface area contributed by atoms with Gasteiger partial charge in [0.2, 0.25) is 0 Å². The number of carbonyl (C=O) groups excluding carboxylic acids is 1. The summed E-state index contributed by atoms with van der Waals surface area (Å²) in [6.45, 7) is 4.88. The van der Waals surface area contributed by atoms with E-state index in [-0.39, 0.29) is 17.0 Å². The molecule has 0 saturated carbocycles. The largest absolute Gasteiger partial charge is 0.337 e. The number of aromatic amines is 1. The van der Waals surface area contributed by atoms with Crippen LogP contribution in [0.3, 0.4) is 0 Å². The second-order valence-electron chi connectivity index (χ2n) is 4.28. The Morgan fingerprint density at radius 3 is 2.88 bits per heavy atom. The average molecular weight is 235 g/mol. The summed E-state index contributed by atoms with van der Waals surface area (Å²) >= 11 is 0. The normalized spacial score (nSPS) is 16.6. The highest BCUT2D eigenvalue weighted by Crippen LogP contribution is 2.03. The van der Waals surface area contributed by atoms with Crippen molar-refractivity contribution in [3.05, 3.63) is 33.7 Å². The average Bonchev–Trinajstić information content (AvgIpc) is 2.56. The van der Waals surface area contributed by atoms with Gasteiger partial charge in [-0.25, -0.2) is 0 Å². The molecule has 0 atom stereocenters. The maximum absolute atomic E-state index is 12.2. The Morgan fingerprint density at radius 1 is 1.29 bits per heavy atom. The van der Waals surface area contributed by atoms with E-state index in [9.17, 15) is 9.59 Å². The molecule has 1 fully saturated rings. The van der Waals surface area contributed by atoms with Crippen molar-refractivity contribution in [2.24, 2.45) is 0 Å². The number of aromatic nitrogens is 1. The number of nitrogens with zero attached hydrogens (tertiary/aromatic N) is 1. The van der Waals surface area contributed by atoms with Crippen LogP contribution >= 0.6 is 0 Å². The predicted molar refractivity (Wildman–Crippen MR) is 65.2 cm³/mol. The van der Waals surface area contributed by atoms with E-state index in [0.29, 0.717) is 13.1 Å². The van der Waals surface area contributed by atoms with Gasteiger partial charge >= 0.3 is 0 Å². The first-order chi connectivity index (χ1) is 8.18. The Hall–Kier alpha value is -1.62. The van der Waals surface area contributed by atoms with E-state index in [0.717, 1.165) is 25.2 Å². The number of amides is 1. The molecule has 1 aromatic heterocycles. The number of carbonyl (C=O) groups is 1. The number of hydrogen-bond donors (Lipinski definition) is 2. The highest BCUT2D eigenvalue weighted by molar-refractivity contribution is 5.93. The Bertz CT molecular complexity index is 459. The minimum atomic E-state index is -0.299. The summed E-state index contributed by atoms with van der Waals surface area (Å²) in [7, 11) is 0. The fraction of sp³-hybridized carbons (Fsp3) is 0.500. The van der Waals surface area contributed by atoms with Gasteiger partial charge in [-0.3, -0.25) is 9.59 Å². The molecule has 0 aromatic carbocycles. The molecular weight excluding hydrogens is 218 g/mol. The predicted octanol–water partition coefficient (Wildman–Crippen LogP) is 0.119. The van der Waals surface area contributed by atoms with Crippen molar-refractivity contribution in [3.63, 3.8) is 0 Å². The van der Waals surface area contributed by atoms with Crippen LogP contribution in [-0.4, -0.2) is 42.0 Å². The van der Waals surface area contributed by atoms with Gasteiger partial charge in [0.25, 0.3) is 11.5 Å². The molecule has 0 unspecified atom stereocenters. The summed E-state index contributed by atoms with van der Waals surface area (Å²) in [4.78, 5) is 28.2. The van der Waals surface area contributed by atoms with Crippen LogP contribution in [0.1, 0.15) is 22.5 Å². The second-order valence-corrected chi connectivity index (χ2v) is 4.28. The summed E-state index contributed by atoms with van der Waals surface area (Å²) in [6.07, 6.45) is 0.926. The Kier molecular flexibility index (Phi) is 3.58. The van der Waals surface area contributed by atoms with Gasteiger partial charge in [-0.15, -0.1) is 0 Å². The third-order valence-electron chi connectivity index (χ3n) is 2.91. The van der Waals surface area contributed by atoms with Gasteiger partial charge in [0.05, 0.1) is 0 Å². The fourth-order valence-electron chi connectivity index (χ4n) is 1.96. The molecule has 1 saturated heterocycles. The van der Waals surface area contributed by atoms with E-state index >= 15 is 0 Å². The van der Waals surface area contributed by atoms with Crippen LogP contribution < -0.4 is 10.9 Å². The molecule has 2 heterocycles. The molecule has 1 aliphatic rings. The summed E-state index contributed by atoms with van der Waals surface area (Å²) in [5, 5.41) is 3.23. The molecule has 1 amide bonds. The zero-order valence-corrected chi connectivity index (χ0v) is 9.95. The SMILES string of the molecule is Cc1ccc(C(=O)N2CCCNCC2)c(=O)[nH]1. The minimum Gasteiger partial charge on any atom is -0.337 e. The van der Waals surface area contributed by atoms with Gasteiger partial charge in [0, 0.05) is 25.3 Å². The maximum Gasteiger partial charge on any atom is 0.260 e. The molecule has 1 aliphatic heterocycles. The van der Waals surface area contributed by atoms with Crippen LogP contribution in [0.15, 0.2) is 16.9 Å². The number of rotatable bonds is 1. The van der Waals surface area contributed by atoms with Gasteiger partial charge in [-0.05, 0) is 32.0 Å². The van der Waals surface area contributed by atoms with E-state index in [1.54, 1.807) is 24.0 Å². The Labute approximate surface area is 99.8 Å². The van der Waals surface area contributed by atoms with E-state index in [1.165, 1.54) is 0 Å². The van der Waals surface area contributed by atoms with E-state index < -0.39 is 0 Å². The number of nitrogens with one attached hydrogen (secondary N) is 2. The highest BCUT2D eigenvalue weighted by atomic mass is 16.2. The smallest absolute Gasteiger partial charge is 0.260 e. The van der Waals surface area contributed by atoms with E-state index in [1.807, 2.05) is 0 Å². The molecule has 5 nitrogen and oxygen atoms in total. The van der Waals surface area contributed by atoms with Crippen molar-refractivity contribution < 1.29 is 4.79 Å². The topological polar surface area (TPSA) is 65.2 Å². The first-order valence-corrected chi connectivity index (χ1v) is 5.88. The van der Waals surface area contributed by atoms with Gasteiger partial charge in [-0.1, -0.05) is 0 Å². The quantitative estimate of drug-likeness (QED) is 0.726. The summed E-state index contributed by atoms with van der Waals surface area (Å²) < 4.78 is 0. The number of aryl methyl sites for hydroxylation is 1. The lowest BCUT2D eigenvalue weighted by atomic mass is 10.2. The Morgan fingerprint density at radius 2 is 2.12 bits per heavy atom. The van der Waals surface area contributed by atoms with Crippen molar-refractivity contribution >= 4 is 5.91 Å². The van der Waals surface area contributed by atoms with Crippen LogP contribution in [-0.2, 0) is 0 Å². The maximum atomic E-state index is 12.2. The van der Waals surface area contributed by atoms with Crippen molar-refractivity contribution in [2.75, 3.05) is 26.2 Å². The molecule has 2 rings (SSSR count). The lowest BCUT2D eigenvalue weighted by Gasteiger charge is -2.19. The molecule has 0 radical (unpaired) electrons. The first-order valence-electron chi connectivity index (χ1n) is 5.88. The zero-order valence-electron chi connectivity index (χ0n) is 9.95. The molecule has 0 bridgehead atoms. The molecule has 17 heavy (non-hydrogen) atoms. The zero-order chi connectivity index (χ0) is 12.3. The van der Waals surface area contributed by atoms with Crippen LogP contribution in [0.4, 0.5) is 0 Å². The van der Waals surface area contributed by atoms with E-state index in [4.69, 9.17) is 0 Å². The molecule has 0 spiro atoms. The fourth-order valence-corrected chi connectivity index (χ4v) is 1.96. The van der Waals surface area contributed by atoms with Crippen molar-refractivity contribution in [2.45, 2.75) is 13.3 Å². The van der Waals surface area contributed by atoms with Gasteiger partial charge in [0.1, 0.15) is 5.56 Å². The summed E-state index contributed by atoms with van der Waals surface area (Å²) in [6, 6.07) is 3.36. The molecule has 0 aliphatic carbocycles. The molecule has 5 heteroatoms. The first kappa shape index (κ1) is 11.9. The van der Waals surface area contributed by atoms with Crippen LogP contribution in [0.2, 0.25) is 0 Å². The van der Waals surface area contributed by atoms with Crippen molar-refractivity contribution in [3.8, 4) is 0 Å². The highest BCUT2D eigenvalue weighted by Gasteiger charge is 2.19. The lowest BCUT2D eigenvalue weighted by molar-refractivity contribution is 0.0764. The summed E-state index contributed by atoms with van der Waals surface area (Å²) in [5.41, 5.74) is 0.703. The molecule has 92 valence electrons. The summed E-state index contributed by atoms with van der Waals surface area (Å²) in [5.74, 6) is -0.171. The molecular formula is C12H17N3O2. The Balaban J connectivity index is 2.20. The monoisotopic (exact) mass is 235 g/mol. The molecule has 2 N–H and O–H groups in total. The number of H-pyrrole nitrogens is 1. The third kappa shape index (κ3) is 2.74. The lowest BCUT2D eigenvalue weighted by Crippen LogP contribution is -2.37. The number of hydrogen-bond acceptors (Lipinski definition) is 3. The van der Waals surface area contributed by atoms with E-state index in [2.05, 4.69) is 10.3 Å². The van der Waals surface area contributed by atoms with Crippen LogP contribution in [0.5, 0.6) is 0 Å². The second kappa shape index (κ2) is 5.14. The number of pyridine rings is 1. The third-order valence-corrected chi connectivity index (χ3v) is 2.91. The van der Waals surface area contributed by atoms with Crippen LogP contribution in [0.25, 0.3) is 0 Å². The van der Waals surface area contributed by atoms with Gasteiger partial charge in [-0.2, -0.15) is 0 Å². The van der Waals surface area contributed by atoms with Gasteiger partial charge in [0.15, 0.2) is 0 Å². The van der Waals surface area contributed by atoms with Crippen molar-refractivity contribution in [1.29, 1.82) is 0 Å².